The molecule has 0 saturated heterocycles. The lowest BCUT2D eigenvalue weighted by atomic mass is 10.1. The van der Waals surface area contributed by atoms with E-state index in [1.807, 2.05) is 24.3 Å². The SMILES string of the molecule is CCCc1cccc(Oc2ccc(CCCI)c(Cl)c2)c1. The van der Waals surface area contributed by atoms with Crippen molar-refractivity contribution < 1.29 is 4.74 Å². The first-order valence-corrected chi connectivity index (χ1v) is 9.24. The van der Waals surface area contributed by atoms with Crippen LogP contribution in [0.15, 0.2) is 42.5 Å². The number of benzene rings is 2. The van der Waals surface area contributed by atoms with Gasteiger partial charge in [-0.3, -0.25) is 0 Å². The van der Waals surface area contributed by atoms with Crippen molar-refractivity contribution in [1.82, 2.24) is 0 Å². The normalized spacial score (nSPS) is 10.6. The van der Waals surface area contributed by atoms with E-state index < -0.39 is 0 Å². The topological polar surface area (TPSA) is 9.23 Å². The highest BCUT2D eigenvalue weighted by molar-refractivity contribution is 14.1. The zero-order chi connectivity index (χ0) is 15.1. The number of hydrogen-bond acceptors (Lipinski definition) is 1. The largest absolute Gasteiger partial charge is 0.457 e. The van der Waals surface area contributed by atoms with Gasteiger partial charge in [0, 0.05) is 5.02 Å². The summed E-state index contributed by atoms with van der Waals surface area (Å²) in [6.07, 6.45) is 4.39. The summed E-state index contributed by atoms with van der Waals surface area (Å²) in [7, 11) is 0. The van der Waals surface area contributed by atoms with Crippen molar-refractivity contribution in [2.24, 2.45) is 0 Å². The number of hydrogen-bond donors (Lipinski definition) is 0. The molecule has 0 spiro atoms. The molecule has 0 aromatic heterocycles. The Morgan fingerprint density at radius 3 is 2.57 bits per heavy atom. The van der Waals surface area contributed by atoms with Crippen molar-refractivity contribution in [3.8, 4) is 11.5 Å². The fraction of sp³-hybridized carbons (Fsp3) is 0.333. The number of aryl methyl sites for hydroxylation is 2. The predicted octanol–water partition coefficient (Wildman–Crippen LogP) is 6.45. The van der Waals surface area contributed by atoms with Gasteiger partial charge in [0.1, 0.15) is 11.5 Å². The number of ether oxygens (including phenoxy) is 1. The van der Waals surface area contributed by atoms with Gasteiger partial charge in [0.25, 0.3) is 0 Å². The Balaban J connectivity index is 2.09. The average Bonchev–Trinajstić information content (AvgIpc) is 2.47. The molecule has 3 heteroatoms. The van der Waals surface area contributed by atoms with E-state index in [9.17, 15) is 0 Å². The minimum atomic E-state index is 0.794. The molecule has 2 rings (SSSR count). The Labute approximate surface area is 145 Å². The van der Waals surface area contributed by atoms with Crippen LogP contribution in [-0.4, -0.2) is 4.43 Å². The number of halogens is 2. The summed E-state index contributed by atoms with van der Waals surface area (Å²) in [6, 6.07) is 14.2. The molecule has 2 aromatic rings. The zero-order valence-electron chi connectivity index (χ0n) is 12.2. The summed E-state index contributed by atoms with van der Waals surface area (Å²) in [5.41, 5.74) is 2.50. The molecule has 1 nitrogen and oxygen atoms in total. The molecule has 112 valence electrons. The summed E-state index contributed by atoms with van der Waals surface area (Å²) in [6.45, 7) is 2.18. The molecule has 0 amide bonds. The van der Waals surface area contributed by atoms with Crippen molar-refractivity contribution in [2.75, 3.05) is 4.43 Å². The molecule has 0 heterocycles. The lowest BCUT2D eigenvalue weighted by Gasteiger charge is -2.10. The van der Waals surface area contributed by atoms with E-state index in [1.165, 1.54) is 11.1 Å². The second-order valence-corrected chi connectivity index (χ2v) is 6.53. The summed E-state index contributed by atoms with van der Waals surface area (Å²) >= 11 is 8.72. The van der Waals surface area contributed by atoms with Gasteiger partial charge in [-0.2, -0.15) is 0 Å². The fourth-order valence-electron chi connectivity index (χ4n) is 2.24. The van der Waals surface area contributed by atoms with Gasteiger partial charge < -0.3 is 4.74 Å². The molecule has 0 unspecified atom stereocenters. The molecule has 2 aromatic carbocycles. The van der Waals surface area contributed by atoms with Gasteiger partial charge in [-0.1, -0.05) is 65.7 Å². The van der Waals surface area contributed by atoms with Crippen LogP contribution in [0, 0.1) is 0 Å². The van der Waals surface area contributed by atoms with Crippen LogP contribution in [0.1, 0.15) is 30.9 Å². The molecular formula is C18H20ClIO. The minimum absolute atomic E-state index is 0.794. The standard InChI is InChI=1S/C18H20ClIO/c1-2-5-14-6-3-8-16(12-14)21-17-10-9-15(7-4-11-20)18(19)13-17/h3,6,8-10,12-13H,2,4-5,7,11H2,1H3. The quantitative estimate of drug-likeness (QED) is 0.373. The monoisotopic (exact) mass is 414 g/mol. The van der Waals surface area contributed by atoms with Gasteiger partial charge >= 0.3 is 0 Å². The third-order valence-electron chi connectivity index (χ3n) is 3.28. The summed E-state index contributed by atoms with van der Waals surface area (Å²) in [4.78, 5) is 0. The zero-order valence-corrected chi connectivity index (χ0v) is 15.2. The summed E-state index contributed by atoms with van der Waals surface area (Å²) in [5, 5.41) is 0.794. The van der Waals surface area contributed by atoms with E-state index in [1.54, 1.807) is 0 Å². The van der Waals surface area contributed by atoms with Crippen molar-refractivity contribution in [2.45, 2.75) is 32.6 Å². The minimum Gasteiger partial charge on any atom is -0.457 e. The van der Waals surface area contributed by atoms with Gasteiger partial charge in [-0.25, -0.2) is 0 Å². The van der Waals surface area contributed by atoms with Crippen molar-refractivity contribution in [1.29, 1.82) is 0 Å². The summed E-state index contributed by atoms with van der Waals surface area (Å²) < 4.78 is 7.07. The summed E-state index contributed by atoms with van der Waals surface area (Å²) in [5.74, 6) is 1.67. The molecule has 0 aliphatic carbocycles. The molecule has 0 saturated carbocycles. The molecule has 0 fully saturated rings. The highest BCUT2D eigenvalue weighted by atomic mass is 127. The van der Waals surface area contributed by atoms with Crippen LogP contribution in [0.25, 0.3) is 0 Å². The van der Waals surface area contributed by atoms with Crippen molar-refractivity contribution in [3.63, 3.8) is 0 Å². The predicted molar refractivity (Wildman–Crippen MR) is 99.2 cm³/mol. The van der Waals surface area contributed by atoms with Gasteiger partial charge in [-0.05, 0) is 59.1 Å². The van der Waals surface area contributed by atoms with E-state index in [0.717, 1.165) is 46.6 Å². The third-order valence-corrected chi connectivity index (χ3v) is 4.39. The first-order valence-electron chi connectivity index (χ1n) is 7.34. The van der Waals surface area contributed by atoms with Crippen LogP contribution in [-0.2, 0) is 12.8 Å². The van der Waals surface area contributed by atoms with E-state index in [4.69, 9.17) is 16.3 Å². The second-order valence-electron chi connectivity index (χ2n) is 5.05. The lowest BCUT2D eigenvalue weighted by molar-refractivity contribution is 0.481. The fourth-order valence-corrected chi connectivity index (χ4v) is 2.89. The van der Waals surface area contributed by atoms with Gasteiger partial charge in [0.2, 0.25) is 0 Å². The first-order chi connectivity index (χ1) is 10.2. The highest BCUT2D eigenvalue weighted by Crippen LogP contribution is 2.28. The van der Waals surface area contributed by atoms with Gasteiger partial charge in [-0.15, -0.1) is 0 Å². The van der Waals surface area contributed by atoms with Crippen LogP contribution in [0.5, 0.6) is 11.5 Å². The molecular weight excluding hydrogens is 395 g/mol. The Kier molecular flexibility index (Phi) is 6.84. The Bertz CT molecular complexity index is 583. The van der Waals surface area contributed by atoms with Crippen LogP contribution >= 0.6 is 34.2 Å². The van der Waals surface area contributed by atoms with Crippen LogP contribution in [0.2, 0.25) is 5.02 Å². The average molecular weight is 415 g/mol. The lowest BCUT2D eigenvalue weighted by Crippen LogP contribution is -1.91. The molecule has 0 aliphatic heterocycles. The Hall–Kier alpha value is -0.740. The highest BCUT2D eigenvalue weighted by Gasteiger charge is 2.04. The van der Waals surface area contributed by atoms with Crippen molar-refractivity contribution in [3.05, 3.63) is 58.6 Å². The number of rotatable bonds is 7. The molecule has 0 atom stereocenters. The first kappa shape index (κ1) is 16.6. The molecule has 0 aliphatic rings. The van der Waals surface area contributed by atoms with Crippen LogP contribution < -0.4 is 4.74 Å². The third kappa shape index (κ3) is 5.19. The molecule has 0 bridgehead atoms. The maximum atomic E-state index is 6.33. The smallest absolute Gasteiger partial charge is 0.128 e. The van der Waals surface area contributed by atoms with E-state index in [2.05, 4.69) is 47.7 Å². The van der Waals surface area contributed by atoms with Crippen LogP contribution in [0.4, 0.5) is 0 Å². The van der Waals surface area contributed by atoms with E-state index >= 15 is 0 Å². The number of alkyl halides is 1. The van der Waals surface area contributed by atoms with Gasteiger partial charge in [0.15, 0.2) is 0 Å². The Morgan fingerprint density at radius 1 is 1.05 bits per heavy atom. The van der Waals surface area contributed by atoms with E-state index in [0.29, 0.717) is 0 Å². The second kappa shape index (κ2) is 8.64. The van der Waals surface area contributed by atoms with Crippen molar-refractivity contribution >= 4 is 34.2 Å². The Morgan fingerprint density at radius 2 is 1.86 bits per heavy atom. The molecule has 0 radical (unpaired) electrons. The maximum absolute atomic E-state index is 6.33. The maximum Gasteiger partial charge on any atom is 0.128 e. The van der Waals surface area contributed by atoms with E-state index in [-0.39, 0.29) is 0 Å². The molecule has 21 heavy (non-hydrogen) atoms. The van der Waals surface area contributed by atoms with Gasteiger partial charge in [0.05, 0.1) is 0 Å². The van der Waals surface area contributed by atoms with Crippen LogP contribution in [0.3, 0.4) is 0 Å². The molecule has 0 N–H and O–H groups in total.